The molecule has 0 spiro atoms. The van der Waals surface area contributed by atoms with Gasteiger partial charge in [0.25, 0.3) is 5.91 Å². The highest BCUT2D eigenvalue weighted by Gasteiger charge is 2.15. The van der Waals surface area contributed by atoms with E-state index in [1.54, 1.807) is 0 Å². The summed E-state index contributed by atoms with van der Waals surface area (Å²) >= 11 is 0. The molecule has 0 unspecified atom stereocenters. The van der Waals surface area contributed by atoms with Gasteiger partial charge in [0.05, 0.1) is 31.0 Å². The molecule has 8 heteroatoms. The molecule has 20 heavy (non-hydrogen) atoms. The lowest BCUT2D eigenvalue weighted by molar-refractivity contribution is -0.121. The SMILES string of the molecule is CONc1cc(C(=O)OC)cc(C(=O)OCC(N)=O)c1. The van der Waals surface area contributed by atoms with Crippen molar-refractivity contribution in [2.45, 2.75) is 0 Å². The van der Waals surface area contributed by atoms with Gasteiger partial charge >= 0.3 is 11.9 Å². The van der Waals surface area contributed by atoms with E-state index in [0.717, 1.165) is 0 Å². The fourth-order valence-corrected chi connectivity index (χ4v) is 1.38. The van der Waals surface area contributed by atoms with Crippen LogP contribution in [0.15, 0.2) is 18.2 Å². The molecular weight excluding hydrogens is 268 g/mol. The Bertz CT molecular complexity index is 529. The number of nitrogens with two attached hydrogens (primary N) is 1. The third-order valence-corrected chi connectivity index (χ3v) is 2.16. The number of anilines is 1. The zero-order valence-corrected chi connectivity index (χ0v) is 11.0. The number of rotatable bonds is 6. The monoisotopic (exact) mass is 282 g/mol. The van der Waals surface area contributed by atoms with E-state index in [2.05, 4.69) is 15.0 Å². The zero-order chi connectivity index (χ0) is 15.1. The molecule has 3 N–H and O–H groups in total. The maximum atomic E-state index is 11.7. The average molecular weight is 282 g/mol. The van der Waals surface area contributed by atoms with Crippen molar-refractivity contribution < 1.29 is 28.7 Å². The predicted molar refractivity (Wildman–Crippen MR) is 67.9 cm³/mol. The smallest absolute Gasteiger partial charge is 0.338 e. The summed E-state index contributed by atoms with van der Waals surface area (Å²) in [6.45, 7) is -0.547. The number of carbonyl (C=O) groups is 3. The standard InChI is InChI=1S/C12H14N2O6/c1-18-11(16)7-3-8(5-9(4-7)14-19-2)12(17)20-6-10(13)15/h3-5,14H,6H2,1-2H3,(H2,13,15). The number of ether oxygens (including phenoxy) is 2. The molecule has 1 amide bonds. The Hall–Kier alpha value is -2.61. The summed E-state index contributed by atoms with van der Waals surface area (Å²) in [6.07, 6.45) is 0. The van der Waals surface area contributed by atoms with E-state index in [0.29, 0.717) is 5.69 Å². The molecule has 0 saturated carbocycles. The van der Waals surface area contributed by atoms with E-state index in [9.17, 15) is 14.4 Å². The van der Waals surface area contributed by atoms with Gasteiger partial charge in [-0.1, -0.05) is 0 Å². The van der Waals surface area contributed by atoms with Crippen LogP contribution in [0.1, 0.15) is 20.7 Å². The van der Waals surface area contributed by atoms with E-state index in [4.69, 9.17) is 10.6 Å². The number of methoxy groups -OCH3 is 1. The number of primary amides is 1. The van der Waals surface area contributed by atoms with Gasteiger partial charge in [0.1, 0.15) is 0 Å². The number of hydrogen-bond acceptors (Lipinski definition) is 7. The normalized spacial score (nSPS) is 9.70. The number of carbonyl (C=O) groups excluding carboxylic acids is 3. The summed E-state index contributed by atoms with van der Waals surface area (Å²) in [7, 11) is 2.58. The van der Waals surface area contributed by atoms with Crippen LogP contribution in [0.4, 0.5) is 5.69 Å². The first-order chi connectivity index (χ1) is 9.47. The molecule has 8 nitrogen and oxygen atoms in total. The summed E-state index contributed by atoms with van der Waals surface area (Å²) in [5.41, 5.74) is 7.88. The van der Waals surface area contributed by atoms with Crippen LogP contribution in [-0.2, 0) is 19.1 Å². The first kappa shape index (κ1) is 15.4. The third kappa shape index (κ3) is 4.25. The highest BCUT2D eigenvalue weighted by atomic mass is 16.6. The van der Waals surface area contributed by atoms with Crippen LogP contribution < -0.4 is 11.2 Å². The number of nitrogens with one attached hydrogen (secondary N) is 1. The van der Waals surface area contributed by atoms with E-state index in [1.165, 1.54) is 32.4 Å². The predicted octanol–water partition coefficient (Wildman–Crippen LogP) is 0.0886. The Balaban J connectivity index is 3.04. The summed E-state index contributed by atoms with van der Waals surface area (Å²) < 4.78 is 9.23. The maximum Gasteiger partial charge on any atom is 0.338 e. The lowest BCUT2D eigenvalue weighted by atomic mass is 10.1. The van der Waals surface area contributed by atoms with Gasteiger partial charge in [-0.3, -0.25) is 15.1 Å². The van der Waals surface area contributed by atoms with Crippen LogP contribution in [0.2, 0.25) is 0 Å². The van der Waals surface area contributed by atoms with Crippen molar-refractivity contribution in [1.82, 2.24) is 0 Å². The van der Waals surface area contributed by atoms with Gasteiger partial charge in [-0.2, -0.15) is 0 Å². The number of amides is 1. The molecule has 0 fully saturated rings. The van der Waals surface area contributed by atoms with Gasteiger partial charge in [0.2, 0.25) is 0 Å². The minimum atomic E-state index is -0.797. The van der Waals surface area contributed by atoms with E-state index < -0.39 is 24.5 Å². The molecule has 108 valence electrons. The minimum Gasteiger partial charge on any atom is -0.465 e. The number of esters is 2. The summed E-state index contributed by atoms with van der Waals surface area (Å²) in [6, 6.07) is 4.09. The molecule has 1 aromatic rings. The summed E-state index contributed by atoms with van der Waals surface area (Å²) in [4.78, 5) is 38.5. The molecule has 0 aliphatic heterocycles. The van der Waals surface area contributed by atoms with E-state index >= 15 is 0 Å². The summed E-state index contributed by atoms with van der Waals surface area (Å²) in [5, 5.41) is 0. The van der Waals surface area contributed by atoms with Crippen LogP contribution in [0.3, 0.4) is 0 Å². The zero-order valence-electron chi connectivity index (χ0n) is 11.0. The quantitative estimate of drug-likeness (QED) is 0.560. The summed E-state index contributed by atoms with van der Waals surface area (Å²) in [5.74, 6) is -2.21. The second kappa shape index (κ2) is 7.10. The van der Waals surface area contributed by atoms with Crippen molar-refractivity contribution in [3.05, 3.63) is 29.3 Å². The Morgan fingerprint density at radius 2 is 1.70 bits per heavy atom. The van der Waals surface area contributed by atoms with Crippen molar-refractivity contribution in [1.29, 1.82) is 0 Å². The van der Waals surface area contributed by atoms with Crippen molar-refractivity contribution in [3.8, 4) is 0 Å². The largest absolute Gasteiger partial charge is 0.465 e. The van der Waals surface area contributed by atoms with Crippen LogP contribution >= 0.6 is 0 Å². The molecule has 0 saturated heterocycles. The van der Waals surface area contributed by atoms with Gasteiger partial charge in [-0.05, 0) is 18.2 Å². The maximum absolute atomic E-state index is 11.7. The van der Waals surface area contributed by atoms with Crippen LogP contribution in [0.5, 0.6) is 0 Å². The highest BCUT2D eigenvalue weighted by Crippen LogP contribution is 2.17. The molecule has 1 rings (SSSR count). The van der Waals surface area contributed by atoms with Gasteiger partial charge in [0.15, 0.2) is 6.61 Å². The molecule has 0 aliphatic rings. The minimum absolute atomic E-state index is 0.0497. The molecular formula is C12H14N2O6. The molecule has 0 atom stereocenters. The van der Waals surface area contributed by atoms with Crippen LogP contribution in [0.25, 0.3) is 0 Å². The molecule has 1 aromatic carbocycles. The van der Waals surface area contributed by atoms with E-state index in [1.807, 2.05) is 0 Å². The number of benzene rings is 1. The Labute approximate surface area is 114 Å². The first-order valence-corrected chi connectivity index (χ1v) is 5.45. The van der Waals surface area contributed by atoms with Gasteiger partial charge in [-0.25, -0.2) is 9.59 Å². The van der Waals surface area contributed by atoms with Crippen molar-refractivity contribution in [2.24, 2.45) is 5.73 Å². The van der Waals surface area contributed by atoms with Crippen LogP contribution in [0, 0.1) is 0 Å². The van der Waals surface area contributed by atoms with Crippen LogP contribution in [-0.4, -0.2) is 38.7 Å². The number of hydrogen-bond donors (Lipinski definition) is 2. The van der Waals surface area contributed by atoms with Gasteiger partial charge < -0.3 is 15.2 Å². The lowest BCUT2D eigenvalue weighted by Gasteiger charge is -2.09. The molecule has 0 aromatic heterocycles. The molecule has 0 bridgehead atoms. The second-order valence-corrected chi connectivity index (χ2v) is 3.64. The molecule has 0 radical (unpaired) electrons. The Kier molecular flexibility index (Phi) is 5.48. The first-order valence-electron chi connectivity index (χ1n) is 5.45. The fourth-order valence-electron chi connectivity index (χ4n) is 1.38. The third-order valence-electron chi connectivity index (χ3n) is 2.16. The topological polar surface area (TPSA) is 117 Å². The molecule has 0 aliphatic carbocycles. The van der Waals surface area contributed by atoms with E-state index in [-0.39, 0.29) is 11.1 Å². The lowest BCUT2D eigenvalue weighted by Crippen LogP contribution is -2.21. The Morgan fingerprint density at radius 3 is 2.20 bits per heavy atom. The Morgan fingerprint density at radius 1 is 1.10 bits per heavy atom. The van der Waals surface area contributed by atoms with Crippen molar-refractivity contribution in [3.63, 3.8) is 0 Å². The fraction of sp³-hybridized carbons (Fsp3) is 0.250. The molecule has 0 heterocycles. The average Bonchev–Trinajstić information content (AvgIpc) is 2.43. The van der Waals surface area contributed by atoms with Crippen molar-refractivity contribution >= 4 is 23.5 Å². The van der Waals surface area contributed by atoms with Gasteiger partial charge in [0, 0.05) is 0 Å². The second-order valence-electron chi connectivity index (χ2n) is 3.64. The highest BCUT2D eigenvalue weighted by molar-refractivity contribution is 5.97. The van der Waals surface area contributed by atoms with Crippen molar-refractivity contribution in [2.75, 3.05) is 26.3 Å². The van der Waals surface area contributed by atoms with Gasteiger partial charge in [-0.15, -0.1) is 0 Å².